The van der Waals surface area contributed by atoms with Gasteiger partial charge in [-0.1, -0.05) is 6.07 Å². The molecule has 0 radical (unpaired) electrons. The number of nitrogens with zero attached hydrogens (tertiary/aromatic N) is 2. The first-order chi connectivity index (χ1) is 10.7. The van der Waals surface area contributed by atoms with Crippen LogP contribution in [-0.4, -0.2) is 51.5 Å². The summed E-state index contributed by atoms with van der Waals surface area (Å²) in [6.07, 6.45) is 3.00. The highest BCUT2D eigenvalue weighted by Gasteiger charge is 2.22. The van der Waals surface area contributed by atoms with Crippen molar-refractivity contribution in [1.82, 2.24) is 9.97 Å². The van der Waals surface area contributed by atoms with Gasteiger partial charge in [0, 0.05) is 24.2 Å². The molecule has 7 nitrogen and oxygen atoms in total. The fourth-order valence-electron chi connectivity index (χ4n) is 2.55. The molecule has 1 saturated heterocycles. The zero-order valence-corrected chi connectivity index (χ0v) is 11.9. The maximum Gasteiger partial charge on any atom is 0.335 e. The van der Waals surface area contributed by atoms with E-state index in [1.165, 1.54) is 12.1 Å². The van der Waals surface area contributed by atoms with Gasteiger partial charge in [-0.05, 0) is 25.0 Å². The normalized spacial score (nSPS) is 21.7. The Kier molecular flexibility index (Phi) is 4.17. The number of fused-ring (bicyclic) bond motifs is 1. The maximum absolute atomic E-state index is 11.0. The van der Waals surface area contributed by atoms with E-state index >= 15 is 0 Å². The predicted molar refractivity (Wildman–Crippen MR) is 80.0 cm³/mol. The molecule has 0 unspecified atom stereocenters. The van der Waals surface area contributed by atoms with Gasteiger partial charge in [0.05, 0.1) is 23.8 Å². The van der Waals surface area contributed by atoms with Gasteiger partial charge in [0.15, 0.2) is 0 Å². The zero-order valence-electron chi connectivity index (χ0n) is 11.9. The minimum absolute atomic E-state index is 0.00126. The average Bonchev–Trinajstić information content (AvgIpc) is 2.54. The highest BCUT2D eigenvalue weighted by atomic mass is 16.5. The molecule has 3 N–H and O–H groups in total. The number of rotatable bonds is 4. The van der Waals surface area contributed by atoms with Crippen LogP contribution in [0.5, 0.6) is 0 Å². The Morgan fingerprint density at radius 3 is 3.09 bits per heavy atom. The molecular formula is C15H17N3O4. The van der Waals surface area contributed by atoms with E-state index in [9.17, 15) is 4.79 Å². The maximum atomic E-state index is 11.0. The van der Waals surface area contributed by atoms with Crippen molar-refractivity contribution in [1.29, 1.82) is 0 Å². The van der Waals surface area contributed by atoms with Crippen LogP contribution >= 0.6 is 0 Å². The van der Waals surface area contributed by atoms with E-state index in [1.807, 2.05) is 0 Å². The summed E-state index contributed by atoms with van der Waals surface area (Å²) < 4.78 is 5.41. The third-order valence-electron chi connectivity index (χ3n) is 3.73. The third-order valence-corrected chi connectivity index (χ3v) is 3.73. The van der Waals surface area contributed by atoms with Gasteiger partial charge in [0.25, 0.3) is 0 Å². The molecular weight excluding hydrogens is 286 g/mol. The van der Waals surface area contributed by atoms with Crippen molar-refractivity contribution in [3.05, 3.63) is 30.0 Å². The summed E-state index contributed by atoms with van der Waals surface area (Å²) in [6.45, 7) is 0.582. The Hall–Kier alpha value is -2.25. The van der Waals surface area contributed by atoms with E-state index in [-0.39, 0.29) is 24.3 Å². The average molecular weight is 303 g/mol. The number of benzene rings is 1. The number of carboxylic acid groups (broad SMARTS) is 1. The molecule has 7 heteroatoms. The van der Waals surface area contributed by atoms with E-state index < -0.39 is 5.97 Å². The molecule has 1 aromatic carbocycles. The number of ether oxygens (including phenoxy) is 1. The third kappa shape index (κ3) is 3.15. The molecule has 0 bridgehead atoms. The van der Waals surface area contributed by atoms with Crippen LogP contribution in [0.25, 0.3) is 10.9 Å². The quantitative estimate of drug-likeness (QED) is 0.781. The van der Waals surface area contributed by atoms with Crippen LogP contribution in [0.4, 0.5) is 5.95 Å². The molecule has 0 amide bonds. The summed E-state index contributed by atoms with van der Waals surface area (Å²) in [7, 11) is 0. The van der Waals surface area contributed by atoms with Crippen molar-refractivity contribution >= 4 is 22.8 Å². The Morgan fingerprint density at radius 2 is 2.32 bits per heavy atom. The number of carboxylic acids is 1. The molecule has 3 rings (SSSR count). The number of hydrogen-bond acceptors (Lipinski definition) is 6. The first-order valence-corrected chi connectivity index (χ1v) is 7.15. The van der Waals surface area contributed by atoms with Crippen LogP contribution in [0, 0.1) is 0 Å². The minimum Gasteiger partial charge on any atom is -0.478 e. The molecule has 1 aromatic heterocycles. The molecule has 2 aromatic rings. The van der Waals surface area contributed by atoms with Gasteiger partial charge in [-0.15, -0.1) is 0 Å². The SMILES string of the molecule is O=C(O)c1ccc2cnc(N[C@H]3CCO[C@H](CO)C3)nc2c1. The molecule has 2 atom stereocenters. The fraction of sp³-hybridized carbons (Fsp3) is 0.400. The van der Waals surface area contributed by atoms with E-state index in [4.69, 9.17) is 14.9 Å². The van der Waals surface area contributed by atoms with Gasteiger partial charge in [0.2, 0.25) is 5.95 Å². The van der Waals surface area contributed by atoms with Crippen molar-refractivity contribution in [3.63, 3.8) is 0 Å². The Labute approximate surface area is 127 Å². The lowest BCUT2D eigenvalue weighted by Crippen LogP contribution is -2.36. The molecule has 0 saturated carbocycles. The van der Waals surface area contributed by atoms with Gasteiger partial charge >= 0.3 is 5.97 Å². The van der Waals surface area contributed by atoms with Gasteiger partial charge in [-0.3, -0.25) is 0 Å². The van der Waals surface area contributed by atoms with Gasteiger partial charge in [-0.25, -0.2) is 14.8 Å². The second-order valence-electron chi connectivity index (χ2n) is 5.31. The second kappa shape index (κ2) is 6.25. The van der Waals surface area contributed by atoms with Crippen molar-refractivity contribution < 1.29 is 19.7 Å². The molecule has 1 aliphatic rings. The molecule has 2 heterocycles. The lowest BCUT2D eigenvalue weighted by molar-refractivity contribution is -0.0213. The molecule has 1 fully saturated rings. The first kappa shape index (κ1) is 14.7. The summed E-state index contributed by atoms with van der Waals surface area (Å²) in [5.41, 5.74) is 0.784. The first-order valence-electron chi connectivity index (χ1n) is 7.15. The number of aliphatic hydroxyl groups excluding tert-OH is 1. The van der Waals surface area contributed by atoms with Crippen LogP contribution < -0.4 is 5.32 Å². The summed E-state index contributed by atoms with van der Waals surface area (Å²) >= 11 is 0. The predicted octanol–water partition coefficient (Wildman–Crippen LogP) is 1.28. The standard InChI is InChI=1S/C15H17N3O4/c19-8-12-6-11(3-4-22-12)17-15-16-7-10-2-1-9(14(20)21)5-13(10)18-15/h1-2,5,7,11-12,19H,3-4,6,8H2,(H,20,21)(H,16,17,18)/t11-,12-/m0/s1. The number of aliphatic hydroxyl groups is 1. The molecule has 1 aliphatic heterocycles. The van der Waals surface area contributed by atoms with Crippen LogP contribution in [0.15, 0.2) is 24.4 Å². The smallest absolute Gasteiger partial charge is 0.335 e. The van der Waals surface area contributed by atoms with Crippen LogP contribution in [0.3, 0.4) is 0 Å². The number of anilines is 1. The van der Waals surface area contributed by atoms with E-state index in [1.54, 1.807) is 12.3 Å². The summed E-state index contributed by atoms with van der Waals surface area (Å²) in [5.74, 6) is -0.524. The monoisotopic (exact) mass is 303 g/mol. The van der Waals surface area contributed by atoms with Crippen molar-refractivity contribution in [2.45, 2.75) is 25.0 Å². The molecule has 22 heavy (non-hydrogen) atoms. The van der Waals surface area contributed by atoms with Crippen molar-refractivity contribution in [2.75, 3.05) is 18.5 Å². The summed E-state index contributed by atoms with van der Waals surface area (Å²) in [5, 5.41) is 22.2. The van der Waals surface area contributed by atoms with Crippen molar-refractivity contribution in [2.24, 2.45) is 0 Å². The van der Waals surface area contributed by atoms with Crippen molar-refractivity contribution in [3.8, 4) is 0 Å². The number of carbonyl (C=O) groups is 1. The minimum atomic E-state index is -0.981. The number of nitrogens with one attached hydrogen (secondary N) is 1. The number of aromatic nitrogens is 2. The summed E-state index contributed by atoms with van der Waals surface area (Å²) in [6, 6.07) is 4.89. The van der Waals surface area contributed by atoms with E-state index in [0.29, 0.717) is 24.5 Å². The Morgan fingerprint density at radius 1 is 1.45 bits per heavy atom. The summed E-state index contributed by atoms with van der Waals surface area (Å²) in [4.78, 5) is 19.6. The second-order valence-corrected chi connectivity index (χ2v) is 5.31. The topological polar surface area (TPSA) is 105 Å². The lowest BCUT2D eigenvalue weighted by atomic mass is 10.0. The van der Waals surface area contributed by atoms with Gasteiger partial charge in [-0.2, -0.15) is 0 Å². The van der Waals surface area contributed by atoms with E-state index in [2.05, 4.69) is 15.3 Å². The highest BCUT2D eigenvalue weighted by molar-refractivity contribution is 5.93. The van der Waals surface area contributed by atoms with Crippen LogP contribution in [0.2, 0.25) is 0 Å². The lowest BCUT2D eigenvalue weighted by Gasteiger charge is -2.28. The van der Waals surface area contributed by atoms with Gasteiger partial charge < -0.3 is 20.3 Å². The highest BCUT2D eigenvalue weighted by Crippen LogP contribution is 2.19. The van der Waals surface area contributed by atoms with Crippen LogP contribution in [0.1, 0.15) is 23.2 Å². The fourth-order valence-corrected chi connectivity index (χ4v) is 2.55. The van der Waals surface area contributed by atoms with Crippen LogP contribution in [-0.2, 0) is 4.74 Å². The number of hydrogen-bond donors (Lipinski definition) is 3. The Bertz CT molecular complexity index is 692. The van der Waals surface area contributed by atoms with E-state index in [0.717, 1.165) is 11.8 Å². The molecule has 0 aliphatic carbocycles. The zero-order chi connectivity index (χ0) is 15.5. The van der Waals surface area contributed by atoms with Gasteiger partial charge in [0.1, 0.15) is 0 Å². The molecule has 116 valence electrons. The molecule has 0 spiro atoms. The Balaban J connectivity index is 1.80. The largest absolute Gasteiger partial charge is 0.478 e. The number of aromatic carboxylic acids is 1.